The molecule has 174 valence electrons. The van der Waals surface area contributed by atoms with Crippen molar-refractivity contribution in [1.29, 1.82) is 0 Å². The molecule has 0 amide bonds. The van der Waals surface area contributed by atoms with Gasteiger partial charge in [0.05, 0.1) is 17.1 Å². The molecular weight excluding hydrogens is 490 g/mol. The summed E-state index contributed by atoms with van der Waals surface area (Å²) in [6.07, 6.45) is 1.65. The zero-order valence-electron chi connectivity index (χ0n) is 18.8. The van der Waals surface area contributed by atoms with Gasteiger partial charge in [0.1, 0.15) is 5.58 Å². The number of halogens is 1. The van der Waals surface area contributed by atoms with Gasteiger partial charge in [0, 0.05) is 20.2 Å². The number of hydrogen-bond acceptors (Lipinski definition) is 5. The van der Waals surface area contributed by atoms with Crippen molar-refractivity contribution in [3.05, 3.63) is 124 Å². The minimum Gasteiger partial charge on any atom is -0.453 e. The molecule has 2 heterocycles. The second-order valence-corrected chi connectivity index (χ2v) is 9.67. The third kappa shape index (κ3) is 4.44. The quantitative estimate of drug-likeness (QED) is 0.227. The summed E-state index contributed by atoms with van der Waals surface area (Å²) in [5.74, 6) is 0.826. The van der Waals surface area contributed by atoms with E-state index in [-0.39, 0.29) is 5.56 Å². The van der Waals surface area contributed by atoms with Crippen molar-refractivity contribution in [1.82, 2.24) is 9.66 Å². The second kappa shape index (κ2) is 9.49. The van der Waals surface area contributed by atoms with E-state index < -0.39 is 0 Å². The van der Waals surface area contributed by atoms with E-state index in [1.54, 1.807) is 24.0 Å². The third-order valence-electron chi connectivity index (χ3n) is 5.65. The Hall–Kier alpha value is -4.13. The van der Waals surface area contributed by atoms with Crippen molar-refractivity contribution < 1.29 is 4.42 Å². The maximum absolute atomic E-state index is 13.4. The van der Waals surface area contributed by atoms with Crippen molar-refractivity contribution in [2.45, 2.75) is 9.79 Å². The molecule has 6 rings (SSSR count). The Bertz CT molecular complexity index is 1760. The van der Waals surface area contributed by atoms with Crippen LogP contribution in [0.2, 0.25) is 5.02 Å². The number of furan rings is 1. The van der Waals surface area contributed by atoms with E-state index in [9.17, 15) is 4.79 Å². The van der Waals surface area contributed by atoms with Crippen LogP contribution in [-0.4, -0.2) is 15.9 Å². The molecule has 0 saturated heterocycles. The molecular formula is C29H18ClN3O2S. The van der Waals surface area contributed by atoms with E-state index in [2.05, 4.69) is 5.10 Å². The summed E-state index contributed by atoms with van der Waals surface area (Å²) in [5.41, 5.74) is 1.90. The zero-order chi connectivity index (χ0) is 24.5. The van der Waals surface area contributed by atoms with Crippen LogP contribution < -0.4 is 5.56 Å². The van der Waals surface area contributed by atoms with Crippen LogP contribution in [0.1, 0.15) is 5.56 Å². The second-order valence-electron chi connectivity index (χ2n) is 8.09. The van der Waals surface area contributed by atoms with Gasteiger partial charge in [-0.2, -0.15) is 9.78 Å². The van der Waals surface area contributed by atoms with Gasteiger partial charge in [-0.05, 0) is 66.2 Å². The summed E-state index contributed by atoms with van der Waals surface area (Å²) < 4.78 is 7.33. The van der Waals surface area contributed by atoms with Gasteiger partial charge in [0.2, 0.25) is 5.82 Å². The van der Waals surface area contributed by atoms with Crippen LogP contribution in [-0.2, 0) is 0 Å². The monoisotopic (exact) mass is 507 g/mol. The number of fused-ring (bicyclic) bond motifs is 2. The van der Waals surface area contributed by atoms with Gasteiger partial charge in [-0.1, -0.05) is 65.8 Å². The lowest BCUT2D eigenvalue weighted by Gasteiger charge is -2.07. The highest BCUT2D eigenvalue weighted by Crippen LogP contribution is 2.29. The molecule has 0 saturated carbocycles. The summed E-state index contributed by atoms with van der Waals surface area (Å²) in [5, 5.41) is 6.67. The standard InChI is InChI=1S/C29H18ClN3O2S/c30-21-11-15-23(16-12-21)36-22-13-9-19(10-14-22)18-31-33-28(27-17-20-5-1-4-8-26(20)35-27)32-25-7-3-2-6-24(25)29(33)34/h1-18H. The Kier molecular flexibility index (Phi) is 5.89. The molecule has 5 nitrogen and oxygen atoms in total. The molecule has 0 aliphatic heterocycles. The SMILES string of the molecule is O=c1c2ccccc2nc(-c2cc3ccccc3o2)n1N=Cc1ccc(Sc2ccc(Cl)cc2)cc1. The van der Waals surface area contributed by atoms with Crippen LogP contribution in [0.3, 0.4) is 0 Å². The third-order valence-corrected chi connectivity index (χ3v) is 6.92. The number of hydrogen-bond donors (Lipinski definition) is 0. The lowest BCUT2D eigenvalue weighted by atomic mass is 10.2. The largest absolute Gasteiger partial charge is 0.453 e. The molecule has 36 heavy (non-hydrogen) atoms. The van der Waals surface area contributed by atoms with E-state index in [1.165, 1.54) is 4.68 Å². The molecule has 4 aromatic carbocycles. The average Bonchev–Trinajstić information content (AvgIpc) is 3.34. The first-order valence-corrected chi connectivity index (χ1v) is 12.4. The van der Waals surface area contributed by atoms with Crippen molar-refractivity contribution in [3.63, 3.8) is 0 Å². The van der Waals surface area contributed by atoms with Crippen LogP contribution in [0.4, 0.5) is 0 Å². The van der Waals surface area contributed by atoms with Crippen LogP contribution in [0.5, 0.6) is 0 Å². The molecule has 0 spiro atoms. The highest BCUT2D eigenvalue weighted by atomic mass is 35.5. The lowest BCUT2D eigenvalue weighted by Crippen LogP contribution is -2.20. The van der Waals surface area contributed by atoms with Crippen molar-refractivity contribution in [2.75, 3.05) is 0 Å². The molecule has 0 unspecified atom stereocenters. The van der Waals surface area contributed by atoms with E-state index in [0.29, 0.717) is 27.5 Å². The highest BCUT2D eigenvalue weighted by Gasteiger charge is 2.16. The maximum atomic E-state index is 13.4. The van der Waals surface area contributed by atoms with Gasteiger partial charge >= 0.3 is 0 Å². The minimum atomic E-state index is -0.262. The molecule has 0 bridgehead atoms. The summed E-state index contributed by atoms with van der Waals surface area (Å²) in [6.45, 7) is 0. The van der Waals surface area contributed by atoms with E-state index in [1.807, 2.05) is 97.1 Å². The summed E-state index contributed by atoms with van der Waals surface area (Å²) in [7, 11) is 0. The molecule has 2 aromatic heterocycles. The first kappa shape index (κ1) is 22.3. The number of benzene rings is 4. The molecule has 6 aromatic rings. The Morgan fingerprint density at radius 2 is 1.56 bits per heavy atom. The molecule has 7 heteroatoms. The number of para-hydroxylation sites is 2. The molecule has 0 N–H and O–H groups in total. The van der Waals surface area contributed by atoms with Crippen LogP contribution in [0.25, 0.3) is 33.5 Å². The molecule has 0 aliphatic carbocycles. The van der Waals surface area contributed by atoms with Gasteiger partial charge in [0.15, 0.2) is 5.76 Å². The van der Waals surface area contributed by atoms with Crippen LogP contribution in [0, 0.1) is 0 Å². The first-order chi connectivity index (χ1) is 17.6. The Morgan fingerprint density at radius 1 is 0.861 bits per heavy atom. The van der Waals surface area contributed by atoms with Gasteiger partial charge < -0.3 is 4.42 Å². The molecule has 0 fully saturated rings. The van der Waals surface area contributed by atoms with E-state index in [0.717, 1.165) is 26.3 Å². The normalized spacial score (nSPS) is 11.6. The number of rotatable bonds is 5. The zero-order valence-corrected chi connectivity index (χ0v) is 20.4. The Labute approximate surface area is 215 Å². The summed E-state index contributed by atoms with van der Waals surface area (Å²) in [4.78, 5) is 20.3. The fraction of sp³-hybridized carbons (Fsp3) is 0. The van der Waals surface area contributed by atoms with E-state index >= 15 is 0 Å². The van der Waals surface area contributed by atoms with Gasteiger partial charge in [0.25, 0.3) is 5.56 Å². The average molecular weight is 508 g/mol. The van der Waals surface area contributed by atoms with Crippen molar-refractivity contribution >= 4 is 51.4 Å². The first-order valence-electron chi connectivity index (χ1n) is 11.2. The predicted molar refractivity (Wildman–Crippen MR) is 146 cm³/mol. The molecule has 0 radical (unpaired) electrons. The maximum Gasteiger partial charge on any atom is 0.282 e. The van der Waals surface area contributed by atoms with Gasteiger partial charge in [-0.25, -0.2) is 4.98 Å². The fourth-order valence-corrected chi connectivity index (χ4v) is 4.81. The summed E-state index contributed by atoms with van der Waals surface area (Å²) in [6, 6.07) is 32.5. The number of aromatic nitrogens is 2. The smallest absolute Gasteiger partial charge is 0.282 e. The minimum absolute atomic E-state index is 0.262. The summed E-state index contributed by atoms with van der Waals surface area (Å²) >= 11 is 7.62. The topological polar surface area (TPSA) is 60.4 Å². The van der Waals surface area contributed by atoms with Crippen LogP contribution >= 0.6 is 23.4 Å². The van der Waals surface area contributed by atoms with Gasteiger partial charge in [-0.3, -0.25) is 4.79 Å². The Morgan fingerprint density at radius 3 is 2.33 bits per heavy atom. The predicted octanol–water partition coefficient (Wildman–Crippen LogP) is 7.50. The fourth-order valence-electron chi connectivity index (χ4n) is 3.87. The lowest BCUT2D eigenvalue weighted by molar-refractivity contribution is 0.616. The van der Waals surface area contributed by atoms with Crippen LogP contribution in [0.15, 0.2) is 127 Å². The van der Waals surface area contributed by atoms with Crippen molar-refractivity contribution in [3.8, 4) is 11.6 Å². The van der Waals surface area contributed by atoms with Crippen molar-refractivity contribution in [2.24, 2.45) is 5.10 Å². The molecule has 0 atom stereocenters. The number of nitrogens with zero attached hydrogens (tertiary/aromatic N) is 3. The Balaban J connectivity index is 1.37. The van der Waals surface area contributed by atoms with Gasteiger partial charge in [-0.15, -0.1) is 0 Å². The highest BCUT2D eigenvalue weighted by molar-refractivity contribution is 7.99. The van der Waals surface area contributed by atoms with E-state index in [4.69, 9.17) is 21.0 Å². The molecule has 0 aliphatic rings.